The molecule has 3 rings (SSSR count). The highest BCUT2D eigenvalue weighted by atomic mass is 33.5. The summed E-state index contributed by atoms with van der Waals surface area (Å²) in [4.78, 5) is 0.546. The van der Waals surface area contributed by atoms with E-state index in [0.717, 1.165) is 12.0 Å². The summed E-state index contributed by atoms with van der Waals surface area (Å²) in [6, 6.07) is 24.0. The van der Waals surface area contributed by atoms with Gasteiger partial charge in [-0.3, -0.25) is 0 Å². The standard InChI is InChI=1S/C20H18O4S4/c21-27(22,18-11-5-2-6-12-18)26-28(23,24)20-14-8-7-13-19(20)25-16-15-17-9-3-1-4-10-17/h1-14H,15-16H2. The summed E-state index contributed by atoms with van der Waals surface area (Å²) in [6.07, 6.45) is 0.787. The van der Waals surface area contributed by atoms with Gasteiger partial charge in [0.15, 0.2) is 0 Å². The lowest BCUT2D eigenvalue weighted by atomic mass is 10.2. The van der Waals surface area contributed by atoms with Crippen LogP contribution in [0.4, 0.5) is 0 Å². The van der Waals surface area contributed by atoms with Crippen LogP contribution < -0.4 is 0 Å². The Labute approximate surface area is 173 Å². The van der Waals surface area contributed by atoms with Crippen LogP contribution in [0.2, 0.25) is 0 Å². The molecule has 0 bridgehead atoms. The van der Waals surface area contributed by atoms with Crippen LogP contribution in [0.5, 0.6) is 0 Å². The molecule has 8 heteroatoms. The number of aryl methyl sites for hydroxylation is 1. The van der Waals surface area contributed by atoms with Gasteiger partial charge in [-0.05, 0) is 36.2 Å². The molecule has 0 aliphatic heterocycles. The highest BCUT2D eigenvalue weighted by Gasteiger charge is 2.29. The first-order valence-electron chi connectivity index (χ1n) is 8.40. The number of hydrogen-bond donors (Lipinski definition) is 0. The zero-order valence-electron chi connectivity index (χ0n) is 14.8. The minimum Gasteiger partial charge on any atom is -0.211 e. The first kappa shape index (κ1) is 21.0. The molecule has 0 saturated heterocycles. The number of hydrogen-bond acceptors (Lipinski definition) is 6. The third kappa shape index (κ3) is 5.41. The van der Waals surface area contributed by atoms with Gasteiger partial charge in [0.2, 0.25) is 17.7 Å². The Morgan fingerprint density at radius 1 is 0.643 bits per heavy atom. The Balaban J connectivity index is 1.79. The van der Waals surface area contributed by atoms with Crippen LogP contribution in [0.15, 0.2) is 99.6 Å². The van der Waals surface area contributed by atoms with Crippen molar-refractivity contribution < 1.29 is 16.8 Å². The molecule has 0 aliphatic carbocycles. The molecule has 28 heavy (non-hydrogen) atoms. The van der Waals surface area contributed by atoms with Crippen molar-refractivity contribution in [2.75, 3.05) is 5.75 Å². The summed E-state index contributed by atoms with van der Waals surface area (Å²) >= 11 is 1.40. The molecule has 4 nitrogen and oxygen atoms in total. The molecule has 146 valence electrons. The van der Waals surface area contributed by atoms with E-state index in [2.05, 4.69) is 0 Å². The van der Waals surface area contributed by atoms with Crippen molar-refractivity contribution >= 4 is 39.3 Å². The quantitative estimate of drug-likeness (QED) is 0.362. The fourth-order valence-electron chi connectivity index (χ4n) is 2.48. The van der Waals surface area contributed by atoms with E-state index in [4.69, 9.17) is 0 Å². The molecule has 0 aliphatic rings. The fourth-order valence-corrected chi connectivity index (χ4v) is 10.9. The van der Waals surface area contributed by atoms with E-state index < -0.39 is 17.7 Å². The average Bonchev–Trinajstić information content (AvgIpc) is 2.69. The van der Waals surface area contributed by atoms with Crippen LogP contribution in [0.3, 0.4) is 0 Å². The normalized spacial score (nSPS) is 12.0. The summed E-state index contributed by atoms with van der Waals surface area (Å²) in [6.45, 7) is 0. The van der Waals surface area contributed by atoms with Crippen molar-refractivity contribution in [1.29, 1.82) is 0 Å². The lowest BCUT2D eigenvalue weighted by Crippen LogP contribution is -2.04. The molecule has 0 amide bonds. The molecule has 0 unspecified atom stereocenters. The monoisotopic (exact) mass is 450 g/mol. The van der Waals surface area contributed by atoms with Gasteiger partial charge in [0.05, 0.1) is 9.79 Å². The topological polar surface area (TPSA) is 68.3 Å². The van der Waals surface area contributed by atoms with Crippen LogP contribution in [0.1, 0.15) is 5.56 Å². The van der Waals surface area contributed by atoms with Crippen LogP contribution in [-0.4, -0.2) is 22.6 Å². The predicted octanol–water partition coefficient (Wildman–Crippen LogP) is 4.83. The van der Waals surface area contributed by atoms with Crippen LogP contribution in [-0.2, 0) is 24.2 Å². The minimum atomic E-state index is -4.08. The van der Waals surface area contributed by atoms with E-state index >= 15 is 0 Å². The minimum absolute atomic E-state index is 0.0145. The van der Waals surface area contributed by atoms with E-state index in [1.54, 1.807) is 36.4 Å². The largest absolute Gasteiger partial charge is 0.245 e. The number of thioether (sulfide) groups is 1. The first-order chi connectivity index (χ1) is 13.4. The molecule has 0 N–H and O–H groups in total. The molecule has 0 atom stereocenters. The van der Waals surface area contributed by atoms with E-state index in [9.17, 15) is 16.8 Å². The Kier molecular flexibility index (Phi) is 6.87. The Morgan fingerprint density at radius 2 is 1.21 bits per heavy atom. The first-order valence-corrected chi connectivity index (χ1v) is 14.2. The average molecular weight is 451 g/mol. The predicted molar refractivity (Wildman–Crippen MR) is 116 cm³/mol. The van der Waals surface area contributed by atoms with Gasteiger partial charge in [0.1, 0.15) is 9.83 Å². The van der Waals surface area contributed by atoms with Gasteiger partial charge in [0.25, 0.3) is 0 Å². The molecule has 0 radical (unpaired) electrons. The lowest BCUT2D eigenvalue weighted by Gasteiger charge is -2.10. The van der Waals surface area contributed by atoms with Gasteiger partial charge >= 0.3 is 0 Å². The maximum Gasteiger partial charge on any atom is 0.245 e. The zero-order valence-corrected chi connectivity index (χ0v) is 18.0. The number of rotatable bonds is 8. The third-order valence-corrected chi connectivity index (χ3v) is 12.5. The summed E-state index contributed by atoms with van der Waals surface area (Å²) in [7, 11) is -8.13. The maximum absolute atomic E-state index is 12.8. The third-order valence-electron chi connectivity index (χ3n) is 3.82. The summed E-state index contributed by atoms with van der Waals surface area (Å²) in [5.41, 5.74) is 1.16. The van der Waals surface area contributed by atoms with E-state index in [1.165, 1.54) is 30.0 Å². The van der Waals surface area contributed by atoms with Gasteiger partial charge in [-0.2, -0.15) is 0 Å². The van der Waals surface area contributed by atoms with E-state index in [0.29, 0.717) is 10.6 Å². The smallest absolute Gasteiger partial charge is 0.211 e. The van der Waals surface area contributed by atoms with E-state index in [-0.39, 0.29) is 19.6 Å². The maximum atomic E-state index is 12.8. The fraction of sp³-hybridized carbons (Fsp3) is 0.100. The second kappa shape index (κ2) is 9.17. The highest BCUT2D eigenvalue weighted by Crippen LogP contribution is 2.37. The van der Waals surface area contributed by atoms with Crippen molar-refractivity contribution in [2.24, 2.45) is 0 Å². The van der Waals surface area contributed by atoms with Crippen molar-refractivity contribution in [2.45, 2.75) is 21.1 Å². The Hall–Kier alpha value is -1.74. The summed E-state index contributed by atoms with van der Waals surface area (Å²) in [5.74, 6) is 0.687. The molecule has 0 aromatic heterocycles. The highest BCUT2D eigenvalue weighted by molar-refractivity contribution is 9.04. The van der Waals surface area contributed by atoms with Gasteiger partial charge in [0, 0.05) is 10.6 Å². The van der Waals surface area contributed by atoms with Crippen LogP contribution in [0.25, 0.3) is 0 Å². The SMILES string of the molecule is O=S(=O)(SS(=O)(=O)c1ccccc1SCCc1ccccc1)c1ccccc1. The molecule has 3 aromatic carbocycles. The van der Waals surface area contributed by atoms with Crippen molar-refractivity contribution in [3.63, 3.8) is 0 Å². The second-order valence-electron chi connectivity index (χ2n) is 5.82. The summed E-state index contributed by atoms with van der Waals surface area (Å²) < 4.78 is 50.7. The zero-order chi connectivity index (χ0) is 20.0. The molecular weight excluding hydrogens is 432 g/mol. The molecule has 0 saturated carbocycles. The molecule has 0 heterocycles. The molecule has 0 spiro atoms. The van der Waals surface area contributed by atoms with Crippen LogP contribution >= 0.6 is 21.6 Å². The van der Waals surface area contributed by atoms with Gasteiger partial charge < -0.3 is 0 Å². The van der Waals surface area contributed by atoms with E-state index in [1.807, 2.05) is 30.3 Å². The lowest BCUT2D eigenvalue weighted by molar-refractivity contribution is 0.607. The molecule has 3 aromatic rings. The van der Waals surface area contributed by atoms with Crippen molar-refractivity contribution in [3.05, 3.63) is 90.5 Å². The molecule has 0 fully saturated rings. The van der Waals surface area contributed by atoms with Crippen molar-refractivity contribution in [1.82, 2.24) is 0 Å². The summed E-state index contributed by atoms with van der Waals surface area (Å²) in [5, 5.41) is 0. The van der Waals surface area contributed by atoms with Gasteiger partial charge in [-0.1, -0.05) is 60.7 Å². The Bertz CT molecular complexity index is 1130. The van der Waals surface area contributed by atoms with Crippen LogP contribution in [0, 0.1) is 0 Å². The van der Waals surface area contributed by atoms with Gasteiger partial charge in [-0.25, -0.2) is 16.8 Å². The van der Waals surface area contributed by atoms with Gasteiger partial charge in [-0.15, -0.1) is 11.8 Å². The molecular formula is C20H18O4S4. The van der Waals surface area contributed by atoms with Crippen molar-refractivity contribution in [3.8, 4) is 0 Å². The second-order valence-corrected chi connectivity index (χ2v) is 14.1. The number of benzene rings is 3. The Morgan fingerprint density at radius 3 is 1.89 bits per heavy atom.